The molecule has 22 heavy (non-hydrogen) atoms. The summed E-state index contributed by atoms with van der Waals surface area (Å²) in [6.07, 6.45) is 0. The summed E-state index contributed by atoms with van der Waals surface area (Å²) in [7, 11) is 5.03. The Hall–Kier alpha value is -2.20. The summed E-state index contributed by atoms with van der Waals surface area (Å²) in [4.78, 5) is 0. The lowest BCUT2D eigenvalue weighted by Gasteiger charge is -2.28. The molecule has 0 saturated carbocycles. The first-order valence-corrected chi connectivity index (χ1v) is 7.36. The van der Waals surface area contributed by atoms with E-state index in [-0.39, 0.29) is 0 Å². The molecule has 0 saturated heterocycles. The van der Waals surface area contributed by atoms with Gasteiger partial charge in [0, 0.05) is 19.0 Å². The van der Waals surface area contributed by atoms with Crippen molar-refractivity contribution < 1.29 is 14.2 Å². The minimum atomic E-state index is 0.300. The summed E-state index contributed by atoms with van der Waals surface area (Å²) in [6.45, 7) is 1.76. The Labute approximate surface area is 131 Å². The third-order valence-electron chi connectivity index (χ3n) is 4.20. The van der Waals surface area contributed by atoms with Gasteiger partial charge >= 0.3 is 0 Å². The van der Waals surface area contributed by atoms with Crippen LogP contribution in [0, 0.1) is 0 Å². The third-order valence-corrected chi connectivity index (χ3v) is 4.20. The van der Waals surface area contributed by atoms with Crippen LogP contribution < -0.4 is 19.5 Å². The van der Waals surface area contributed by atoms with E-state index in [4.69, 9.17) is 14.2 Å². The molecular formula is C18H21NO3. The summed E-state index contributed by atoms with van der Waals surface area (Å²) in [5.41, 5.74) is 3.81. The zero-order valence-electron chi connectivity index (χ0n) is 13.2. The van der Waals surface area contributed by atoms with E-state index in [1.54, 1.807) is 21.3 Å². The minimum Gasteiger partial charge on any atom is -0.497 e. The number of fused-ring (bicyclic) bond motifs is 1. The van der Waals surface area contributed by atoms with Crippen molar-refractivity contribution >= 4 is 0 Å². The van der Waals surface area contributed by atoms with Crippen LogP contribution in [0.3, 0.4) is 0 Å². The molecular weight excluding hydrogens is 278 g/mol. The van der Waals surface area contributed by atoms with Gasteiger partial charge in [0.2, 0.25) is 0 Å². The van der Waals surface area contributed by atoms with Crippen molar-refractivity contribution in [3.63, 3.8) is 0 Å². The third kappa shape index (κ3) is 2.62. The number of benzene rings is 2. The van der Waals surface area contributed by atoms with E-state index in [1.807, 2.05) is 12.1 Å². The van der Waals surface area contributed by atoms with Gasteiger partial charge in [0.15, 0.2) is 11.5 Å². The summed E-state index contributed by atoms with van der Waals surface area (Å²) in [5, 5.41) is 3.48. The van der Waals surface area contributed by atoms with E-state index in [0.717, 1.165) is 30.3 Å². The number of nitrogens with one attached hydrogen (secondary N) is 1. The Morgan fingerprint density at radius 3 is 2.23 bits per heavy atom. The lowest BCUT2D eigenvalue weighted by molar-refractivity contribution is 0.353. The van der Waals surface area contributed by atoms with E-state index < -0.39 is 0 Å². The van der Waals surface area contributed by atoms with Crippen molar-refractivity contribution in [2.45, 2.75) is 12.5 Å². The SMILES string of the molecule is COc1ccc([C@@H]2CNCc3cc(OC)c(OC)cc32)cc1. The maximum atomic E-state index is 5.46. The first-order valence-electron chi connectivity index (χ1n) is 7.36. The van der Waals surface area contributed by atoms with E-state index >= 15 is 0 Å². The smallest absolute Gasteiger partial charge is 0.161 e. The highest BCUT2D eigenvalue weighted by molar-refractivity contribution is 5.52. The van der Waals surface area contributed by atoms with Crippen LogP contribution in [0.1, 0.15) is 22.6 Å². The topological polar surface area (TPSA) is 39.7 Å². The molecule has 0 spiro atoms. The second-order valence-electron chi connectivity index (χ2n) is 5.36. The minimum absolute atomic E-state index is 0.300. The largest absolute Gasteiger partial charge is 0.497 e. The summed E-state index contributed by atoms with van der Waals surface area (Å²) in [6, 6.07) is 12.4. The van der Waals surface area contributed by atoms with E-state index in [0.29, 0.717) is 5.92 Å². The molecule has 0 aromatic heterocycles. The molecule has 1 atom stereocenters. The lowest BCUT2D eigenvalue weighted by Crippen LogP contribution is -2.28. The standard InChI is InChI=1S/C18H21NO3/c1-20-14-6-4-12(5-7-14)16-11-19-10-13-8-17(21-2)18(22-3)9-15(13)16/h4-9,16,19H,10-11H2,1-3H3/t16-/m0/s1. The van der Waals surface area contributed by atoms with Crippen LogP contribution in [-0.4, -0.2) is 27.9 Å². The summed E-state index contributed by atoms with van der Waals surface area (Å²) >= 11 is 0. The predicted molar refractivity (Wildman–Crippen MR) is 86.1 cm³/mol. The molecule has 1 heterocycles. The molecule has 0 aliphatic carbocycles. The van der Waals surface area contributed by atoms with Crippen LogP contribution in [-0.2, 0) is 6.54 Å². The highest BCUT2D eigenvalue weighted by Gasteiger charge is 2.24. The molecule has 4 heteroatoms. The number of methoxy groups -OCH3 is 3. The zero-order valence-corrected chi connectivity index (χ0v) is 13.2. The van der Waals surface area contributed by atoms with Gasteiger partial charge in [-0.25, -0.2) is 0 Å². The molecule has 0 unspecified atom stereocenters. The average Bonchev–Trinajstić information content (AvgIpc) is 2.60. The Balaban J connectivity index is 2.02. The van der Waals surface area contributed by atoms with Gasteiger partial charge in [-0.2, -0.15) is 0 Å². The molecule has 0 fully saturated rings. The molecule has 0 bridgehead atoms. The summed E-state index contributed by atoms with van der Waals surface area (Å²) in [5.74, 6) is 2.73. The molecule has 0 radical (unpaired) electrons. The number of hydrogen-bond donors (Lipinski definition) is 1. The van der Waals surface area contributed by atoms with Gasteiger partial charge in [-0.15, -0.1) is 0 Å². The second-order valence-corrected chi connectivity index (χ2v) is 5.36. The van der Waals surface area contributed by atoms with E-state index in [9.17, 15) is 0 Å². The second kappa shape index (κ2) is 6.28. The van der Waals surface area contributed by atoms with Gasteiger partial charge in [-0.1, -0.05) is 12.1 Å². The average molecular weight is 299 g/mol. The molecule has 116 valence electrons. The molecule has 1 N–H and O–H groups in total. The van der Waals surface area contributed by atoms with Gasteiger partial charge in [-0.05, 0) is 41.0 Å². The Morgan fingerprint density at radius 1 is 0.909 bits per heavy atom. The number of rotatable bonds is 4. The number of ether oxygens (including phenoxy) is 3. The van der Waals surface area contributed by atoms with Gasteiger partial charge in [0.1, 0.15) is 5.75 Å². The zero-order chi connectivity index (χ0) is 15.5. The van der Waals surface area contributed by atoms with E-state index in [1.165, 1.54) is 16.7 Å². The van der Waals surface area contributed by atoms with Crippen LogP contribution >= 0.6 is 0 Å². The van der Waals surface area contributed by atoms with Gasteiger partial charge < -0.3 is 19.5 Å². The van der Waals surface area contributed by atoms with Crippen LogP contribution in [0.2, 0.25) is 0 Å². The van der Waals surface area contributed by atoms with Crippen molar-refractivity contribution in [1.82, 2.24) is 5.32 Å². The lowest BCUT2D eigenvalue weighted by atomic mass is 9.85. The van der Waals surface area contributed by atoms with Crippen LogP contribution in [0.15, 0.2) is 36.4 Å². The molecule has 0 amide bonds. The van der Waals surface area contributed by atoms with Crippen molar-refractivity contribution in [3.05, 3.63) is 53.1 Å². The van der Waals surface area contributed by atoms with Crippen LogP contribution in [0.5, 0.6) is 17.2 Å². The molecule has 2 aromatic carbocycles. The monoisotopic (exact) mass is 299 g/mol. The quantitative estimate of drug-likeness (QED) is 0.942. The fourth-order valence-corrected chi connectivity index (χ4v) is 3.01. The molecule has 1 aliphatic heterocycles. The van der Waals surface area contributed by atoms with Gasteiger partial charge in [-0.3, -0.25) is 0 Å². The van der Waals surface area contributed by atoms with E-state index in [2.05, 4.69) is 29.6 Å². The molecule has 2 aromatic rings. The summed E-state index contributed by atoms with van der Waals surface area (Å²) < 4.78 is 16.1. The fourth-order valence-electron chi connectivity index (χ4n) is 3.01. The van der Waals surface area contributed by atoms with Crippen molar-refractivity contribution in [2.75, 3.05) is 27.9 Å². The molecule has 4 nitrogen and oxygen atoms in total. The highest BCUT2D eigenvalue weighted by atomic mass is 16.5. The predicted octanol–water partition coefficient (Wildman–Crippen LogP) is 2.95. The number of hydrogen-bond acceptors (Lipinski definition) is 4. The first-order chi connectivity index (χ1) is 10.8. The normalized spacial score (nSPS) is 16.8. The molecule has 1 aliphatic rings. The Kier molecular flexibility index (Phi) is 4.20. The maximum Gasteiger partial charge on any atom is 0.161 e. The van der Waals surface area contributed by atoms with Crippen LogP contribution in [0.25, 0.3) is 0 Å². The Morgan fingerprint density at radius 2 is 1.59 bits per heavy atom. The van der Waals surface area contributed by atoms with Gasteiger partial charge in [0.25, 0.3) is 0 Å². The van der Waals surface area contributed by atoms with Crippen molar-refractivity contribution in [3.8, 4) is 17.2 Å². The Bertz CT molecular complexity index is 652. The van der Waals surface area contributed by atoms with Crippen molar-refractivity contribution in [1.29, 1.82) is 0 Å². The maximum absolute atomic E-state index is 5.46. The van der Waals surface area contributed by atoms with Gasteiger partial charge in [0.05, 0.1) is 21.3 Å². The highest BCUT2D eigenvalue weighted by Crippen LogP contribution is 2.38. The van der Waals surface area contributed by atoms with Crippen LogP contribution in [0.4, 0.5) is 0 Å². The fraction of sp³-hybridized carbons (Fsp3) is 0.333. The first kappa shape index (κ1) is 14.7. The van der Waals surface area contributed by atoms with Crippen molar-refractivity contribution in [2.24, 2.45) is 0 Å². The molecule has 3 rings (SSSR count).